The van der Waals surface area contributed by atoms with Gasteiger partial charge in [0.25, 0.3) is 0 Å². The number of nitrogens with zero attached hydrogens (tertiary/aromatic N) is 3. The van der Waals surface area contributed by atoms with Crippen LogP contribution in [0.25, 0.3) is 0 Å². The molecule has 0 amide bonds. The summed E-state index contributed by atoms with van der Waals surface area (Å²) in [6.45, 7) is 8.01. The minimum Gasteiger partial charge on any atom is -0.356 e. The molecule has 7 heteroatoms. The topological polar surface area (TPSA) is 62.2 Å². The molecule has 2 aromatic rings. The maximum atomic E-state index is 4.68. The third kappa shape index (κ3) is 6.72. The van der Waals surface area contributed by atoms with Crippen molar-refractivity contribution in [1.29, 1.82) is 0 Å². The predicted molar refractivity (Wildman–Crippen MR) is 112 cm³/mol. The Morgan fingerprint density at radius 2 is 2.00 bits per heavy atom. The van der Waals surface area contributed by atoms with Gasteiger partial charge < -0.3 is 10.6 Å². The highest BCUT2D eigenvalue weighted by molar-refractivity contribution is 14.0. The second-order valence-corrected chi connectivity index (χ2v) is 7.18. The van der Waals surface area contributed by atoms with Gasteiger partial charge in [0.05, 0.1) is 17.2 Å². The lowest BCUT2D eigenvalue weighted by Crippen LogP contribution is -2.38. The zero-order chi connectivity index (χ0) is 16.7. The van der Waals surface area contributed by atoms with Crippen LogP contribution in [0.15, 0.2) is 34.8 Å². The van der Waals surface area contributed by atoms with Gasteiger partial charge >= 0.3 is 0 Å². The summed E-state index contributed by atoms with van der Waals surface area (Å²) in [5, 5.41) is 9.86. The standard InChI is InChI=1S/C17H25N5S.HI/c1-17(2,3)15-22-14(12-23-15)11-21-16(18-4)20-10-8-13-7-5-6-9-19-13;/h5-7,9,12H,8,10-11H2,1-4H3,(H2,18,20,21);1H. The molecule has 0 aliphatic heterocycles. The molecule has 2 rings (SSSR count). The third-order valence-corrected chi connectivity index (χ3v) is 4.57. The molecule has 0 aliphatic carbocycles. The zero-order valence-electron chi connectivity index (χ0n) is 14.7. The van der Waals surface area contributed by atoms with E-state index in [1.54, 1.807) is 18.4 Å². The lowest BCUT2D eigenvalue weighted by Gasteiger charge is -2.14. The van der Waals surface area contributed by atoms with Crippen LogP contribution in [0.1, 0.15) is 37.2 Å². The number of rotatable bonds is 5. The van der Waals surface area contributed by atoms with Crippen molar-refractivity contribution in [2.24, 2.45) is 4.99 Å². The molecule has 0 aliphatic rings. The summed E-state index contributed by atoms with van der Waals surface area (Å²) >= 11 is 1.71. The summed E-state index contributed by atoms with van der Waals surface area (Å²) in [5.41, 5.74) is 2.23. The normalized spacial score (nSPS) is 11.8. The molecule has 0 spiro atoms. The maximum Gasteiger partial charge on any atom is 0.191 e. The third-order valence-electron chi connectivity index (χ3n) is 3.25. The van der Waals surface area contributed by atoms with Gasteiger partial charge in [-0.2, -0.15) is 0 Å². The van der Waals surface area contributed by atoms with Gasteiger partial charge in [0.15, 0.2) is 5.96 Å². The number of halogens is 1. The fourth-order valence-corrected chi connectivity index (χ4v) is 2.89. The summed E-state index contributed by atoms with van der Waals surface area (Å²) in [5.74, 6) is 0.784. The van der Waals surface area contributed by atoms with Crippen LogP contribution < -0.4 is 10.6 Å². The summed E-state index contributed by atoms with van der Waals surface area (Å²) in [4.78, 5) is 13.2. The fourth-order valence-electron chi connectivity index (χ4n) is 1.98. The first-order valence-corrected chi connectivity index (χ1v) is 8.66. The Labute approximate surface area is 165 Å². The summed E-state index contributed by atoms with van der Waals surface area (Å²) in [6, 6.07) is 5.96. The van der Waals surface area contributed by atoms with E-state index in [1.165, 1.54) is 0 Å². The molecule has 0 saturated heterocycles. The van der Waals surface area contributed by atoms with Gasteiger partial charge in [0.2, 0.25) is 0 Å². The van der Waals surface area contributed by atoms with Crippen molar-refractivity contribution in [3.05, 3.63) is 46.2 Å². The van der Waals surface area contributed by atoms with Crippen molar-refractivity contribution < 1.29 is 0 Å². The molecule has 0 saturated carbocycles. The highest BCUT2D eigenvalue weighted by Gasteiger charge is 2.17. The first-order chi connectivity index (χ1) is 11.0. The van der Waals surface area contributed by atoms with Gasteiger partial charge in [-0.1, -0.05) is 26.8 Å². The second-order valence-electron chi connectivity index (χ2n) is 6.32. The molecule has 0 fully saturated rings. The van der Waals surface area contributed by atoms with Gasteiger partial charge in [-0.25, -0.2) is 4.98 Å². The molecule has 0 unspecified atom stereocenters. The number of thiazole rings is 1. The van der Waals surface area contributed by atoms with E-state index in [1.807, 2.05) is 24.4 Å². The average Bonchev–Trinajstić information content (AvgIpc) is 3.01. The van der Waals surface area contributed by atoms with Crippen molar-refractivity contribution in [3.8, 4) is 0 Å². The van der Waals surface area contributed by atoms with Crippen LogP contribution in [0.2, 0.25) is 0 Å². The van der Waals surface area contributed by atoms with E-state index < -0.39 is 0 Å². The Morgan fingerprint density at radius 1 is 1.21 bits per heavy atom. The molecular formula is C17H26IN5S. The van der Waals surface area contributed by atoms with Crippen LogP contribution in [0, 0.1) is 0 Å². The molecule has 2 aromatic heterocycles. The Hall–Kier alpha value is -1.22. The highest BCUT2D eigenvalue weighted by atomic mass is 127. The van der Waals surface area contributed by atoms with Crippen LogP contribution in [0.4, 0.5) is 0 Å². The first-order valence-electron chi connectivity index (χ1n) is 7.78. The minimum absolute atomic E-state index is 0. The fraction of sp³-hybridized carbons (Fsp3) is 0.471. The van der Waals surface area contributed by atoms with Gasteiger partial charge in [-0.3, -0.25) is 9.98 Å². The molecule has 0 aromatic carbocycles. The van der Waals surface area contributed by atoms with E-state index in [0.717, 1.165) is 35.3 Å². The van der Waals surface area contributed by atoms with Gasteiger partial charge in [-0.15, -0.1) is 35.3 Å². The highest BCUT2D eigenvalue weighted by Crippen LogP contribution is 2.25. The van der Waals surface area contributed by atoms with Crippen LogP contribution in [-0.4, -0.2) is 29.5 Å². The average molecular weight is 459 g/mol. The van der Waals surface area contributed by atoms with Gasteiger partial charge in [-0.05, 0) is 12.1 Å². The van der Waals surface area contributed by atoms with Gasteiger partial charge in [0.1, 0.15) is 0 Å². The van der Waals surface area contributed by atoms with E-state index in [4.69, 9.17) is 0 Å². The van der Waals surface area contributed by atoms with Gasteiger partial charge in [0, 0.05) is 42.7 Å². The molecule has 132 valence electrons. The number of aliphatic imine (C=N–C) groups is 1. The summed E-state index contributed by atoms with van der Waals surface area (Å²) < 4.78 is 0. The minimum atomic E-state index is 0. The molecule has 24 heavy (non-hydrogen) atoms. The Kier molecular flexibility index (Phi) is 8.61. The van der Waals surface area contributed by atoms with Crippen molar-refractivity contribution in [2.75, 3.05) is 13.6 Å². The van der Waals surface area contributed by atoms with Crippen molar-refractivity contribution >= 4 is 41.3 Å². The Morgan fingerprint density at radius 3 is 2.58 bits per heavy atom. The molecule has 5 nitrogen and oxygen atoms in total. The largest absolute Gasteiger partial charge is 0.356 e. The summed E-state index contributed by atoms with van der Waals surface area (Å²) in [6.07, 6.45) is 2.68. The number of hydrogen-bond acceptors (Lipinski definition) is 4. The van der Waals surface area contributed by atoms with Crippen LogP contribution in [0.3, 0.4) is 0 Å². The molecule has 0 radical (unpaired) electrons. The number of guanidine groups is 1. The van der Waals surface area contributed by atoms with Crippen LogP contribution in [0.5, 0.6) is 0 Å². The number of nitrogens with one attached hydrogen (secondary N) is 2. The first kappa shape index (κ1) is 20.8. The quantitative estimate of drug-likeness (QED) is 0.409. The monoisotopic (exact) mass is 459 g/mol. The Balaban J connectivity index is 0.00000288. The van der Waals surface area contributed by atoms with Crippen LogP contribution in [-0.2, 0) is 18.4 Å². The molecule has 2 heterocycles. The molecule has 2 N–H and O–H groups in total. The van der Waals surface area contributed by atoms with Crippen molar-refractivity contribution in [3.63, 3.8) is 0 Å². The molecular weight excluding hydrogens is 433 g/mol. The predicted octanol–water partition coefficient (Wildman–Crippen LogP) is 3.36. The molecule has 0 bridgehead atoms. The number of pyridine rings is 1. The smallest absolute Gasteiger partial charge is 0.191 e. The van der Waals surface area contributed by atoms with E-state index >= 15 is 0 Å². The number of aromatic nitrogens is 2. The molecule has 0 atom stereocenters. The second kappa shape index (κ2) is 9.93. The van der Waals surface area contributed by atoms with E-state index in [-0.39, 0.29) is 29.4 Å². The van der Waals surface area contributed by atoms with Crippen LogP contribution >= 0.6 is 35.3 Å². The van der Waals surface area contributed by atoms with E-state index in [2.05, 4.69) is 51.7 Å². The number of hydrogen-bond donors (Lipinski definition) is 2. The lowest BCUT2D eigenvalue weighted by molar-refractivity contribution is 0.582. The maximum absolute atomic E-state index is 4.68. The Bertz CT molecular complexity index is 634. The SMILES string of the molecule is CN=C(NCCc1ccccn1)NCc1csc(C(C)(C)C)n1.I. The van der Waals surface area contributed by atoms with E-state index in [0.29, 0.717) is 6.54 Å². The zero-order valence-corrected chi connectivity index (χ0v) is 17.8. The van der Waals surface area contributed by atoms with Crippen molar-refractivity contribution in [1.82, 2.24) is 20.6 Å². The van der Waals surface area contributed by atoms with E-state index in [9.17, 15) is 0 Å². The summed E-state index contributed by atoms with van der Waals surface area (Å²) in [7, 11) is 1.78. The lowest BCUT2D eigenvalue weighted by atomic mass is 9.98. The van der Waals surface area contributed by atoms with Crippen molar-refractivity contribution in [2.45, 2.75) is 39.2 Å².